The first-order valence-corrected chi connectivity index (χ1v) is 5.45. The van der Waals surface area contributed by atoms with Crippen molar-refractivity contribution in [3.05, 3.63) is 29.6 Å². The summed E-state index contributed by atoms with van der Waals surface area (Å²) in [5.41, 5.74) is 8.74. The summed E-state index contributed by atoms with van der Waals surface area (Å²) in [6.07, 6.45) is 5.85. The lowest BCUT2D eigenvalue weighted by atomic mass is 10.0. The molecule has 2 atom stereocenters. The summed E-state index contributed by atoms with van der Waals surface area (Å²) in [5.74, 6) is 1.44. The molecule has 2 aliphatic rings. The van der Waals surface area contributed by atoms with E-state index in [1.54, 1.807) is 0 Å². The summed E-state index contributed by atoms with van der Waals surface area (Å²) in [4.78, 5) is 4.43. The lowest BCUT2D eigenvalue weighted by molar-refractivity contribution is 0.513. The van der Waals surface area contributed by atoms with Crippen molar-refractivity contribution in [1.29, 1.82) is 0 Å². The number of aryl methyl sites for hydroxylation is 1. The molecule has 14 heavy (non-hydrogen) atoms. The molecular formula is C12H16N2. The summed E-state index contributed by atoms with van der Waals surface area (Å²) in [6.45, 7) is 2.10. The fraction of sp³-hybridized carbons (Fsp3) is 0.583. The molecular weight excluding hydrogens is 172 g/mol. The molecule has 0 aliphatic heterocycles. The second kappa shape index (κ2) is 2.57. The SMILES string of the molecule is Cc1ccnc(C2(N)C3CCCC32)c1. The summed E-state index contributed by atoms with van der Waals surface area (Å²) in [7, 11) is 0. The predicted molar refractivity (Wildman–Crippen MR) is 55.7 cm³/mol. The van der Waals surface area contributed by atoms with Gasteiger partial charge in [-0.1, -0.05) is 6.42 Å². The predicted octanol–water partition coefficient (Wildman–Crippen LogP) is 1.97. The zero-order valence-corrected chi connectivity index (χ0v) is 8.53. The van der Waals surface area contributed by atoms with Gasteiger partial charge in [0.25, 0.3) is 0 Å². The first-order chi connectivity index (χ1) is 6.73. The topological polar surface area (TPSA) is 38.9 Å². The number of nitrogens with zero attached hydrogens (tertiary/aromatic N) is 1. The molecule has 2 heteroatoms. The Kier molecular flexibility index (Phi) is 1.55. The number of hydrogen-bond donors (Lipinski definition) is 1. The Balaban J connectivity index is 1.97. The molecule has 1 aromatic heterocycles. The average molecular weight is 188 g/mol. The molecule has 0 bridgehead atoms. The van der Waals surface area contributed by atoms with E-state index in [1.807, 2.05) is 12.3 Å². The lowest BCUT2D eigenvalue weighted by Gasteiger charge is -2.14. The standard InChI is InChI=1S/C12H16N2/c1-8-5-6-14-11(7-8)12(13)9-3-2-4-10(9)12/h5-7,9-10H,2-4,13H2,1H3. The number of pyridine rings is 1. The maximum Gasteiger partial charge on any atom is 0.0647 e. The maximum absolute atomic E-state index is 6.42. The Morgan fingerprint density at radius 2 is 2.14 bits per heavy atom. The Morgan fingerprint density at radius 3 is 2.79 bits per heavy atom. The van der Waals surface area contributed by atoms with Crippen LogP contribution in [0.1, 0.15) is 30.5 Å². The van der Waals surface area contributed by atoms with Crippen molar-refractivity contribution in [3.63, 3.8) is 0 Å². The van der Waals surface area contributed by atoms with Crippen LogP contribution in [0.2, 0.25) is 0 Å². The minimum Gasteiger partial charge on any atom is -0.320 e. The van der Waals surface area contributed by atoms with Crippen LogP contribution < -0.4 is 5.73 Å². The smallest absolute Gasteiger partial charge is 0.0647 e. The van der Waals surface area contributed by atoms with Crippen LogP contribution >= 0.6 is 0 Å². The lowest BCUT2D eigenvalue weighted by Crippen LogP contribution is -2.27. The van der Waals surface area contributed by atoms with Crippen molar-refractivity contribution in [2.75, 3.05) is 0 Å². The first-order valence-electron chi connectivity index (χ1n) is 5.45. The highest BCUT2D eigenvalue weighted by atomic mass is 15.0. The Labute approximate surface area is 84.5 Å². The molecule has 2 saturated carbocycles. The number of rotatable bonds is 1. The molecule has 0 saturated heterocycles. The second-order valence-corrected chi connectivity index (χ2v) is 4.80. The fourth-order valence-electron chi connectivity index (χ4n) is 3.15. The van der Waals surface area contributed by atoms with Gasteiger partial charge in [0.05, 0.1) is 11.2 Å². The maximum atomic E-state index is 6.42. The zero-order chi connectivity index (χ0) is 9.76. The van der Waals surface area contributed by atoms with Crippen molar-refractivity contribution in [3.8, 4) is 0 Å². The largest absolute Gasteiger partial charge is 0.320 e. The molecule has 1 aromatic rings. The Hall–Kier alpha value is -0.890. The molecule has 3 rings (SSSR count). The van der Waals surface area contributed by atoms with E-state index in [1.165, 1.54) is 24.8 Å². The van der Waals surface area contributed by atoms with Gasteiger partial charge in [0.1, 0.15) is 0 Å². The summed E-state index contributed by atoms with van der Waals surface area (Å²) in [6, 6.07) is 4.18. The van der Waals surface area contributed by atoms with Gasteiger partial charge in [-0.2, -0.15) is 0 Å². The van der Waals surface area contributed by atoms with E-state index in [-0.39, 0.29) is 5.54 Å². The fourth-order valence-corrected chi connectivity index (χ4v) is 3.15. The monoisotopic (exact) mass is 188 g/mol. The highest BCUT2D eigenvalue weighted by molar-refractivity contribution is 5.32. The third kappa shape index (κ3) is 0.921. The molecule has 0 amide bonds. The third-order valence-corrected chi connectivity index (χ3v) is 3.99. The molecule has 2 unspecified atom stereocenters. The van der Waals surface area contributed by atoms with Crippen LogP contribution in [0.4, 0.5) is 0 Å². The number of fused-ring (bicyclic) bond motifs is 1. The molecule has 0 spiro atoms. The van der Waals surface area contributed by atoms with Crippen LogP contribution in [0.25, 0.3) is 0 Å². The molecule has 2 N–H and O–H groups in total. The summed E-state index contributed by atoms with van der Waals surface area (Å²) in [5, 5.41) is 0. The molecule has 0 aromatic carbocycles. The van der Waals surface area contributed by atoms with Gasteiger partial charge in [0.2, 0.25) is 0 Å². The van der Waals surface area contributed by atoms with Crippen LogP contribution in [0.15, 0.2) is 18.3 Å². The zero-order valence-electron chi connectivity index (χ0n) is 8.53. The first kappa shape index (κ1) is 8.42. The van der Waals surface area contributed by atoms with Crippen LogP contribution in [-0.4, -0.2) is 4.98 Å². The van der Waals surface area contributed by atoms with Gasteiger partial charge in [-0.05, 0) is 49.3 Å². The molecule has 2 nitrogen and oxygen atoms in total. The highest BCUT2D eigenvalue weighted by Gasteiger charge is 2.65. The van der Waals surface area contributed by atoms with E-state index in [9.17, 15) is 0 Å². The third-order valence-electron chi connectivity index (χ3n) is 3.99. The minimum atomic E-state index is -0.0652. The van der Waals surface area contributed by atoms with Crippen LogP contribution in [-0.2, 0) is 5.54 Å². The highest BCUT2D eigenvalue weighted by Crippen LogP contribution is 2.64. The van der Waals surface area contributed by atoms with Gasteiger partial charge in [0.15, 0.2) is 0 Å². The number of aromatic nitrogens is 1. The van der Waals surface area contributed by atoms with Crippen LogP contribution in [0.3, 0.4) is 0 Å². The molecule has 2 aliphatic carbocycles. The minimum absolute atomic E-state index is 0.0652. The van der Waals surface area contributed by atoms with E-state index >= 15 is 0 Å². The van der Waals surface area contributed by atoms with Gasteiger partial charge in [-0.3, -0.25) is 4.98 Å². The number of hydrogen-bond acceptors (Lipinski definition) is 2. The van der Waals surface area contributed by atoms with E-state index in [2.05, 4.69) is 18.0 Å². The van der Waals surface area contributed by atoms with Gasteiger partial charge in [-0.15, -0.1) is 0 Å². The second-order valence-electron chi connectivity index (χ2n) is 4.80. The van der Waals surface area contributed by atoms with Crippen LogP contribution in [0, 0.1) is 18.8 Å². The molecule has 1 heterocycles. The Morgan fingerprint density at radius 1 is 1.43 bits per heavy atom. The average Bonchev–Trinajstić information content (AvgIpc) is 2.62. The van der Waals surface area contributed by atoms with Crippen LogP contribution in [0.5, 0.6) is 0 Å². The van der Waals surface area contributed by atoms with E-state index < -0.39 is 0 Å². The Bertz CT molecular complexity index is 362. The summed E-state index contributed by atoms with van der Waals surface area (Å²) < 4.78 is 0. The summed E-state index contributed by atoms with van der Waals surface area (Å²) >= 11 is 0. The normalized spacial score (nSPS) is 39.6. The van der Waals surface area contributed by atoms with E-state index in [0.717, 1.165) is 17.5 Å². The molecule has 2 fully saturated rings. The molecule has 74 valence electrons. The van der Waals surface area contributed by atoms with Gasteiger partial charge < -0.3 is 5.73 Å². The van der Waals surface area contributed by atoms with Crippen molar-refractivity contribution >= 4 is 0 Å². The quantitative estimate of drug-likeness (QED) is 0.731. The van der Waals surface area contributed by atoms with Gasteiger partial charge in [-0.25, -0.2) is 0 Å². The van der Waals surface area contributed by atoms with Gasteiger partial charge in [0, 0.05) is 6.20 Å². The van der Waals surface area contributed by atoms with E-state index in [0.29, 0.717) is 0 Å². The van der Waals surface area contributed by atoms with Crippen molar-refractivity contribution in [1.82, 2.24) is 4.98 Å². The van der Waals surface area contributed by atoms with Crippen molar-refractivity contribution < 1.29 is 0 Å². The van der Waals surface area contributed by atoms with Crippen molar-refractivity contribution in [2.24, 2.45) is 17.6 Å². The number of nitrogens with two attached hydrogens (primary N) is 1. The molecule has 0 radical (unpaired) electrons. The van der Waals surface area contributed by atoms with E-state index in [4.69, 9.17) is 5.73 Å². The van der Waals surface area contributed by atoms with Gasteiger partial charge >= 0.3 is 0 Å². The van der Waals surface area contributed by atoms with Crippen molar-refractivity contribution in [2.45, 2.75) is 31.7 Å².